The predicted molar refractivity (Wildman–Crippen MR) is 117 cm³/mol. The van der Waals surface area contributed by atoms with Crippen LogP contribution in [0, 0.1) is 0 Å². The molecule has 8 nitrogen and oxygen atoms in total. The number of fused-ring (bicyclic) bond motifs is 3. The first-order valence-electron chi connectivity index (χ1n) is 9.86. The van der Waals surface area contributed by atoms with Crippen LogP contribution in [-0.4, -0.2) is 60.5 Å². The first kappa shape index (κ1) is 18.4. The highest BCUT2D eigenvalue weighted by molar-refractivity contribution is 6.09. The van der Waals surface area contributed by atoms with Crippen LogP contribution >= 0.6 is 0 Å². The van der Waals surface area contributed by atoms with E-state index in [9.17, 15) is 5.11 Å². The number of anilines is 2. The minimum absolute atomic E-state index is 0.314. The van der Waals surface area contributed by atoms with Gasteiger partial charge in [-0.25, -0.2) is 9.97 Å². The number of nitrogens with zero attached hydrogens (tertiary/aromatic N) is 4. The molecular formula is C22H23N5O3. The van der Waals surface area contributed by atoms with Gasteiger partial charge in [-0.05, 0) is 18.2 Å². The van der Waals surface area contributed by atoms with E-state index in [4.69, 9.17) is 9.47 Å². The zero-order valence-electron chi connectivity index (χ0n) is 16.9. The van der Waals surface area contributed by atoms with Crippen molar-refractivity contribution in [2.45, 2.75) is 0 Å². The lowest BCUT2D eigenvalue weighted by Crippen LogP contribution is -2.47. The largest absolute Gasteiger partial charge is 0.506 e. The van der Waals surface area contributed by atoms with E-state index in [1.165, 1.54) is 0 Å². The van der Waals surface area contributed by atoms with E-state index in [-0.39, 0.29) is 0 Å². The average molecular weight is 405 g/mol. The van der Waals surface area contributed by atoms with Crippen LogP contribution in [0.2, 0.25) is 0 Å². The first-order chi connectivity index (χ1) is 14.7. The average Bonchev–Trinajstić information content (AvgIpc) is 3.16. The van der Waals surface area contributed by atoms with Crippen LogP contribution in [-0.2, 0) is 0 Å². The van der Waals surface area contributed by atoms with Gasteiger partial charge >= 0.3 is 0 Å². The highest BCUT2D eigenvalue weighted by atomic mass is 16.5. The molecule has 5 rings (SSSR count). The van der Waals surface area contributed by atoms with Crippen molar-refractivity contribution in [3.63, 3.8) is 0 Å². The fourth-order valence-electron chi connectivity index (χ4n) is 4.14. The van der Waals surface area contributed by atoms with Crippen LogP contribution in [0.3, 0.4) is 0 Å². The third-order valence-corrected chi connectivity index (χ3v) is 5.67. The molecule has 2 N–H and O–H groups in total. The number of piperazine rings is 1. The number of methoxy groups -OCH3 is 2. The summed E-state index contributed by atoms with van der Waals surface area (Å²) in [5, 5.41) is 11.1. The van der Waals surface area contributed by atoms with E-state index in [2.05, 4.69) is 24.8 Å². The van der Waals surface area contributed by atoms with E-state index in [0.29, 0.717) is 17.2 Å². The van der Waals surface area contributed by atoms with Crippen LogP contribution in [0.4, 0.5) is 11.5 Å². The number of phenolic OH excluding ortho intramolecular Hbond substituents is 1. The lowest BCUT2D eigenvalue weighted by Gasteiger charge is -2.36. The number of hydrogen-bond donors (Lipinski definition) is 2. The van der Waals surface area contributed by atoms with Gasteiger partial charge in [0.1, 0.15) is 23.1 Å². The maximum absolute atomic E-state index is 10.2. The second-order valence-corrected chi connectivity index (χ2v) is 7.26. The van der Waals surface area contributed by atoms with Crippen molar-refractivity contribution in [1.82, 2.24) is 15.0 Å². The molecule has 1 aliphatic rings. The molecule has 8 heteroatoms. The number of aromatic hydroxyl groups is 1. The SMILES string of the molecule is COc1cc2[nH]c3c(N4CCN(c5ccccc5O)CC4)ncnc3c2cc1OC. The number of H-pyrrole nitrogens is 1. The van der Waals surface area contributed by atoms with Gasteiger partial charge in [0.05, 0.1) is 25.4 Å². The highest BCUT2D eigenvalue weighted by Gasteiger charge is 2.23. The third kappa shape index (κ3) is 2.92. The molecule has 1 aliphatic heterocycles. The van der Waals surface area contributed by atoms with Crippen LogP contribution in [0.1, 0.15) is 0 Å². The van der Waals surface area contributed by atoms with Gasteiger partial charge in [-0.15, -0.1) is 0 Å². The number of aromatic amines is 1. The van der Waals surface area contributed by atoms with Crippen molar-refractivity contribution in [2.24, 2.45) is 0 Å². The van der Waals surface area contributed by atoms with Gasteiger partial charge in [0.2, 0.25) is 0 Å². The molecule has 0 aliphatic carbocycles. The van der Waals surface area contributed by atoms with Gasteiger partial charge in [-0.2, -0.15) is 0 Å². The summed E-state index contributed by atoms with van der Waals surface area (Å²) in [4.78, 5) is 17.0. The van der Waals surface area contributed by atoms with Crippen LogP contribution in [0.5, 0.6) is 17.2 Å². The van der Waals surface area contributed by atoms with Gasteiger partial charge in [0.15, 0.2) is 17.3 Å². The fraction of sp³-hybridized carbons (Fsp3) is 0.273. The minimum Gasteiger partial charge on any atom is -0.506 e. The molecule has 0 unspecified atom stereocenters. The molecular weight excluding hydrogens is 382 g/mol. The Bertz CT molecular complexity index is 1210. The molecule has 0 radical (unpaired) electrons. The topological polar surface area (TPSA) is 86.7 Å². The second-order valence-electron chi connectivity index (χ2n) is 7.26. The number of phenols is 1. The number of rotatable bonds is 4. The normalized spacial score (nSPS) is 14.5. The van der Waals surface area contributed by atoms with Gasteiger partial charge in [-0.1, -0.05) is 12.1 Å². The Morgan fingerprint density at radius 3 is 2.37 bits per heavy atom. The summed E-state index contributed by atoms with van der Waals surface area (Å²) in [5.41, 5.74) is 3.56. The van der Waals surface area contributed by atoms with Gasteiger partial charge in [0.25, 0.3) is 0 Å². The summed E-state index contributed by atoms with van der Waals surface area (Å²) in [6, 6.07) is 11.3. The second kappa shape index (κ2) is 7.29. The van der Waals surface area contributed by atoms with Crippen molar-refractivity contribution in [3.05, 3.63) is 42.7 Å². The molecule has 1 fully saturated rings. The Morgan fingerprint density at radius 2 is 1.63 bits per heavy atom. The molecule has 0 saturated carbocycles. The smallest absolute Gasteiger partial charge is 0.162 e. The molecule has 0 atom stereocenters. The Morgan fingerprint density at radius 1 is 0.933 bits per heavy atom. The van der Waals surface area contributed by atoms with E-state index < -0.39 is 0 Å². The molecule has 2 aromatic carbocycles. The lowest BCUT2D eigenvalue weighted by atomic mass is 10.2. The van der Waals surface area contributed by atoms with Crippen molar-refractivity contribution in [3.8, 4) is 17.2 Å². The van der Waals surface area contributed by atoms with Gasteiger partial charge < -0.3 is 29.4 Å². The first-order valence-corrected chi connectivity index (χ1v) is 9.86. The lowest BCUT2D eigenvalue weighted by molar-refractivity contribution is 0.356. The zero-order chi connectivity index (χ0) is 20.7. The zero-order valence-corrected chi connectivity index (χ0v) is 16.9. The molecule has 2 aromatic heterocycles. The Balaban J connectivity index is 1.49. The molecule has 0 bridgehead atoms. The molecule has 0 amide bonds. The highest BCUT2D eigenvalue weighted by Crippen LogP contribution is 2.37. The Kier molecular flexibility index (Phi) is 4.46. The minimum atomic E-state index is 0.314. The summed E-state index contributed by atoms with van der Waals surface area (Å²) in [7, 11) is 3.25. The molecule has 4 aromatic rings. The number of hydrogen-bond acceptors (Lipinski definition) is 7. The van der Waals surface area contributed by atoms with E-state index in [0.717, 1.165) is 59.6 Å². The maximum atomic E-state index is 10.2. The summed E-state index contributed by atoms with van der Waals surface area (Å²) in [6.07, 6.45) is 1.61. The van der Waals surface area contributed by atoms with E-state index in [1.807, 2.05) is 30.3 Å². The molecule has 1 saturated heterocycles. The van der Waals surface area contributed by atoms with Crippen LogP contribution in [0.15, 0.2) is 42.7 Å². The van der Waals surface area contributed by atoms with E-state index >= 15 is 0 Å². The van der Waals surface area contributed by atoms with Crippen molar-refractivity contribution in [2.75, 3.05) is 50.2 Å². The summed E-state index contributed by atoms with van der Waals surface area (Å²) >= 11 is 0. The predicted octanol–water partition coefficient (Wildman–Crippen LogP) is 3.16. The quantitative estimate of drug-likeness (QED) is 0.539. The molecule has 3 heterocycles. The van der Waals surface area contributed by atoms with Crippen molar-refractivity contribution >= 4 is 33.4 Å². The van der Waals surface area contributed by atoms with Crippen molar-refractivity contribution < 1.29 is 14.6 Å². The monoisotopic (exact) mass is 405 g/mol. The number of nitrogens with one attached hydrogen (secondary N) is 1. The number of para-hydroxylation sites is 2. The third-order valence-electron chi connectivity index (χ3n) is 5.67. The Hall–Kier alpha value is -3.68. The maximum Gasteiger partial charge on any atom is 0.162 e. The van der Waals surface area contributed by atoms with Crippen LogP contribution < -0.4 is 19.3 Å². The molecule has 0 spiro atoms. The van der Waals surface area contributed by atoms with Gasteiger partial charge in [0, 0.05) is 37.6 Å². The van der Waals surface area contributed by atoms with Gasteiger partial charge in [-0.3, -0.25) is 0 Å². The van der Waals surface area contributed by atoms with Crippen molar-refractivity contribution in [1.29, 1.82) is 0 Å². The number of aromatic nitrogens is 3. The molecule has 30 heavy (non-hydrogen) atoms. The Labute approximate surface area is 173 Å². The van der Waals surface area contributed by atoms with E-state index in [1.54, 1.807) is 26.6 Å². The fourth-order valence-corrected chi connectivity index (χ4v) is 4.14. The summed E-state index contributed by atoms with van der Waals surface area (Å²) in [5.74, 6) is 2.53. The number of ether oxygens (including phenoxy) is 2. The number of benzene rings is 2. The summed E-state index contributed by atoms with van der Waals surface area (Å²) < 4.78 is 10.9. The standard InChI is InChI=1S/C22H23N5O3/c1-29-18-11-14-15(12-19(18)30-2)25-21-20(14)23-13-24-22(21)27-9-7-26(8-10-27)16-5-3-4-6-17(16)28/h3-6,11-13,25,28H,7-10H2,1-2H3. The van der Waals surface area contributed by atoms with Crippen LogP contribution in [0.25, 0.3) is 21.9 Å². The summed E-state index contributed by atoms with van der Waals surface area (Å²) in [6.45, 7) is 3.18. The molecule has 154 valence electrons.